The van der Waals surface area contributed by atoms with Gasteiger partial charge in [-0.3, -0.25) is 29.4 Å². The Morgan fingerprint density at radius 1 is 0.836 bits per heavy atom. The largest absolute Gasteiger partial charge is 0.381 e. The van der Waals surface area contributed by atoms with E-state index >= 15 is 8.78 Å². The zero-order valence-electron chi connectivity index (χ0n) is 38.2. The summed E-state index contributed by atoms with van der Waals surface area (Å²) >= 11 is 0. The standard InChI is InChI=1S/C50H59F2N11O4/c1-33(64)59-17-9-43-42(31-59)49(55-63(43)36-11-24-67-25-12-36)62-14-3-4-35-26-39(41(48(51)52)28-44(35)62)40-29-46-53-13-19-60(46)32-45(40)58-15-7-34(8-16-58)30-56-20-22-57(23-21-56)37-5-2-6-38(27-37)61-18-10-47(65)54-50(61)66/h2,5-6,13,19,26-29,32,34,36,48H,3-4,7-12,14-18,20-25,30-31H2,1H3,(H,54,65,66). The molecule has 1 N–H and O–H groups in total. The van der Waals surface area contributed by atoms with Crippen molar-refractivity contribution in [3.05, 3.63) is 83.4 Å². The number of urea groups is 1. The van der Waals surface area contributed by atoms with Crippen LogP contribution in [0.2, 0.25) is 0 Å². The lowest BCUT2D eigenvalue weighted by Gasteiger charge is -2.40. The van der Waals surface area contributed by atoms with Crippen molar-refractivity contribution in [2.75, 3.05) is 98.3 Å². The topological polar surface area (TPSA) is 127 Å². The molecule has 352 valence electrons. The number of imide groups is 1. The Hall–Kier alpha value is -6.07. The first kappa shape index (κ1) is 43.5. The normalized spacial score (nSPS) is 20.2. The molecule has 3 aromatic heterocycles. The van der Waals surface area contributed by atoms with Gasteiger partial charge < -0.3 is 28.7 Å². The maximum Gasteiger partial charge on any atom is 0.328 e. The molecule has 0 unspecified atom stereocenters. The number of alkyl halides is 2. The van der Waals surface area contributed by atoms with E-state index in [1.807, 2.05) is 45.8 Å². The Bertz CT molecular complexity index is 2680. The van der Waals surface area contributed by atoms with E-state index in [1.54, 1.807) is 24.1 Å². The number of aryl methyl sites for hydroxylation is 1. The third kappa shape index (κ3) is 8.49. The van der Waals surface area contributed by atoms with Crippen LogP contribution in [-0.4, -0.2) is 125 Å². The van der Waals surface area contributed by atoms with Crippen LogP contribution in [0.5, 0.6) is 0 Å². The molecule has 67 heavy (non-hydrogen) atoms. The van der Waals surface area contributed by atoms with Crippen molar-refractivity contribution < 1.29 is 27.9 Å². The number of imidazole rings is 1. The minimum atomic E-state index is -2.71. The molecule has 2 aromatic carbocycles. The SMILES string of the molecule is CC(=O)N1CCc2c(c(N3CCCc4cc(-c5cc6nccn6cc5N5CCC(CN6CCN(c7cccc(N8CCC(=O)NC8=O)c7)CC6)CC5)c(C(F)F)cc43)nn2C2CCOCC2)C1. The Kier molecular flexibility index (Phi) is 11.8. The van der Waals surface area contributed by atoms with Crippen LogP contribution < -0.4 is 24.9 Å². The highest BCUT2D eigenvalue weighted by molar-refractivity contribution is 6.05. The molecule has 9 heterocycles. The second kappa shape index (κ2) is 18.2. The lowest BCUT2D eigenvalue weighted by Crippen LogP contribution is -2.50. The van der Waals surface area contributed by atoms with E-state index in [-0.39, 0.29) is 29.5 Å². The van der Waals surface area contributed by atoms with Crippen molar-refractivity contribution in [1.82, 2.24) is 34.3 Å². The average molecular weight is 916 g/mol. The van der Waals surface area contributed by atoms with E-state index in [9.17, 15) is 14.4 Å². The summed E-state index contributed by atoms with van der Waals surface area (Å²) in [5.74, 6) is 1.08. The second-order valence-electron chi connectivity index (χ2n) is 19.1. The molecular weight excluding hydrogens is 857 g/mol. The zero-order valence-corrected chi connectivity index (χ0v) is 38.2. The van der Waals surface area contributed by atoms with Crippen LogP contribution in [0.25, 0.3) is 16.8 Å². The van der Waals surface area contributed by atoms with Gasteiger partial charge in [-0.15, -0.1) is 0 Å². The molecule has 15 nitrogen and oxygen atoms in total. The lowest BCUT2D eigenvalue weighted by atomic mass is 9.90. The third-order valence-electron chi connectivity index (χ3n) is 15.1. The molecule has 11 rings (SSSR count). The molecule has 0 saturated carbocycles. The number of piperidine rings is 1. The number of halogens is 2. The summed E-state index contributed by atoms with van der Waals surface area (Å²) in [6, 6.07) is 13.6. The maximum absolute atomic E-state index is 15.7. The fourth-order valence-corrected chi connectivity index (χ4v) is 11.4. The van der Waals surface area contributed by atoms with E-state index in [0.29, 0.717) is 69.4 Å². The van der Waals surface area contributed by atoms with Crippen molar-refractivity contribution in [3.63, 3.8) is 0 Å². The van der Waals surface area contributed by atoms with Gasteiger partial charge in [0.25, 0.3) is 6.43 Å². The number of hydrogen-bond acceptors (Lipinski definition) is 10. The quantitative estimate of drug-likeness (QED) is 0.166. The van der Waals surface area contributed by atoms with Gasteiger partial charge in [-0.05, 0) is 92.0 Å². The Morgan fingerprint density at radius 2 is 1.64 bits per heavy atom. The Morgan fingerprint density at radius 3 is 2.42 bits per heavy atom. The number of carbonyl (C=O) groups excluding carboxylic acids is 3. The molecule has 0 bridgehead atoms. The first-order chi connectivity index (χ1) is 32.6. The third-order valence-corrected chi connectivity index (χ3v) is 15.1. The van der Waals surface area contributed by atoms with Crippen molar-refractivity contribution in [2.24, 2.45) is 5.92 Å². The smallest absolute Gasteiger partial charge is 0.328 e. The van der Waals surface area contributed by atoms with Gasteiger partial charge in [-0.2, -0.15) is 5.10 Å². The summed E-state index contributed by atoms with van der Waals surface area (Å²) in [5, 5.41) is 7.71. The van der Waals surface area contributed by atoms with E-state index < -0.39 is 6.43 Å². The number of carbonyl (C=O) groups is 3. The first-order valence-corrected chi connectivity index (χ1v) is 24.2. The molecular formula is C50H59F2N11O4. The molecule has 6 aliphatic heterocycles. The van der Waals surface area contributed by atoms with Crippen LogP contribution in [0, 0.1) is 5.92 Å². The zero-order chi connectivity index (χ0) is 45.8. The highest BCUT2D eigenvalue weighted by Crippen LogP contribution is 2.46. The van der Waals surface area contributed by atoms with Crippen LogP contribution in [0.3, 0.4) is 0 Å². The summed E-state index contributed by atoms with van der Waals surface area (Å²) < 4.78 is 41.2. The van der Waals surface area contributed by atoms with Gasteiger partial charge in [0, 0.05) is 156 Å². The average Bonchev–Trinajstić information content (AvgIpc) is 3.98. The molecule has 4 amide bonds. The van der Waals surface area contributed by atoms with Gasteiger partial charge in [-0.1, -0.05) is 6.07 Å². The number of anilines is 5. The molecule has 4 fully saturated rings. The minimum Gasteiger partial charge on any atom is -0.381 e. The predicted molar refractivity (Wildman–Crippen MR) is 253 cm³/mol. The van der Waals surface area contributed by atoms with E-state index in [4.69, 9.17) is 9.84 Å². The lowest BCUT2D eigenvalue weighted by molar-refractivity contribution is -0.129. The van der Waals surface area contributed by atoms with Gasteiger partial charge in [0.1, 0.15) is 5.65 Å². The molecule has 6 aliphatic rings. The summed E-state index contributed by atoms with van der Waals surface area (Å²) in [6.07, 6.45) is 9.37. The predicted octanol–water partition coefficient (Wildman–Crippen LogP) is 6.96. The van der Waals surface area contributed by atoms with Crippen molar-refractivity contribution in [2.45, 2.75) is 77.3 Å². The molecule has 0 spiro atoms. The minimum absolute atomic E-state index is 0.000124. The fraction of sp³-hybridized carbons (Fsp3) is 0.500. The van der Waals surface area contributed by atoms with Crippen molar-refractivity contribution in [3.8, 4) is 11.1 Å². The Balaban J connectivity index is 0.818. The molecule has 4 saturated heterocycles. The molecule has 0 atom stereocenters. The monoisotopic (exact) mass is 915 g/mol. The van der Waals surface area contributed by atoms with Gasteiger partial charge in [0.2, 0.25) is 11.8 Å². The molecule has 17 heteroatoms. The summed E-state index contributed by atoms with van der Waals surface area (Å²) in [6.45, 7) is 11.4. The number of nitrogens with zero attached hydrogens (tertiary/aromatic N) is 10. The summed E-state index contributed by atoms with van der Waals surface area (Å²) in [5.41, 5.74) is 8.81. The van der Waals surface area contributed by atoms with Crippen LogP contribution >= 0.6 is 0 Å². The van der Waals surface area contributed by atoms with Gasteiger partial charge in [-0.25, -0.2) is 18.6 Å². The number of piperazine rings is 1. The van der Waals surface area contributed by atoms with Gasteiger partial charge in [0.05, 0.1) is 18.3 Å². The second-order valence-corrected chi connectivity index (χ2v) is 19.1. The molecule has 5 aromatic rings. The van der Waals surface area contributed by atoms with Crippen LogP contribution in [0.15, 0.2) is 61.1 Å². The number of benzene rings is 2. The van der Waals surface area contributed by atoms with E-state index in [0.717, 1.165) is 135 Å². The summed E-state index contributed by atoms with van der Waals surface area (Å²) in [4.78, 5) is 54.4. The number of fused-ring (bicyclic) bond motifs is 3. The maximum atomic E-state index is 15.7. The van der Waals surface area contributed by atoms with Crippen LogP contribution in [-0.2, 0) is 33.7 Å². The van der Waals surface area contributed by atoms with Crippen molar-refractivity contribution >= 4 is 52.1 Å². The first-order valence-electron chi connectivity index (χ1n) is 24.2. The Labute approximate surface area is 389 Å². The highest BCUT2D eigenvalue weighted by atomic mass is 19.3. The fourth-order valence-electron chi connectivity index (χ4n) is 11.4. The van der Waals surface area contributed by atoms with E-state index in [1.165, 1.54) is 0 Å². The number of hydrogen-bond donors (Lipinski definition) is 1. The highest BCUT2D eigenvalue weighted by Gasteiger charge is 2.35. The molecule has 0 aliphatic carbocycles. The number of pyridine rings is 1. The summed E-state index contributed by atoms with van der Waals surface area (Å²) in [7, 11) is 0. The number of aromatic nitrogens is 4. The van der Waals surface area contributed by atoms with Gasteiger partial charge in [0.15, 0.2) is 5.82 Å². The van der Waals surface area contributed by atoms with Crippen LogP contribution in [0.1, 0.15) is 80.3 Å². The number of amides is 4. The molecule has 0 radical (unpaired) electrons. The van der Waals surface area contributed by atoms with Crippen molar-refractivity contribution in [1.29, 1.82) is 0 Å². The number of ether oxygens (including phenoxy) is 1. The van der Waals surface area contributed by atoms with Gasteiger partial charge >= 0.3 is 6.03 Å². The number of nitrogens with one attached hydrogen (secondary N) is 1. The number of rotatable bonds is 9. The van der Waals surface area contributed by atoms with E-state index in [2.05, 4.69) is 46.8 Å². The van der Waals surface area contributed by atoms with Crippen LogP contribution in [0.4, 0.5) is 42.1 Å².